The number of aromatic nitrogens is 1. The van der Waals surface area contributed by atoms with Gasteiger partial charge in [0.1, 0.15) is 5.75 Å². The third-order valence-corrected chi connectivity index (χ3v) is 8.22. The summed E-state index contributed by atoms with van der Waals surface area (Å²) in [6, 6.07) is 17.8. The van der Waals surface area contributed by atoms with E-state index in [-0.39, 0.29) is 17.4 Å². The van der Waals surface area contributed by atoms with Gasteiger partial charge >= 0.3 is 0 Å². The lowest BCUT2D eigenvalue weighted by Gasteiger charge is -2.36. The molecule has 6 nitrogen and oxygen atoms in total. The van der Waals surface area contributed by atoms with Crippen molar-refractivity contribution in [3.05, 3.63) is 70.3 Å². The Morgan fingerprint density at radius 2 is 1.81 bits per heavy atom. The molecule has 2 fully saturated rings. The number of carbonyl (C=O) groups excluding carboxylic acids is 1. The number of ether oxygens (including phenoxy) is 1. The Morgan fingerprint density at radius 3 is 2.64 bits per heavy atom. The van der Waals surface area contributed by atoms with Gasteiger partial charge in [0, 0.05) is 60.0 Å². The number of fused-ring (bicyclic) bond motifs is 2. The molecule has 1 saturated heterocycles. The topological polar surface area (TPSA) is 54.8 Å². The Hall–Kier alpha value is -3.16. The fourth-order valence-electron chi connectivity index (χ4n) is 5.14. The van der Waals surface area contributed by atoms with Crippen molar-refractivity contribution in [1.29, 1.82) is 0 Å². The van der Waals surface area contributed by atoms with E-state index in [0.29, 0.717) is 17.9 Å². The molecule has 1 aliphatic carbocycles. The monoisotopic (exact) mass is 501 g/mol. The molecule has 0 spiro atoms. The van der Waals surface area contributed by atoms with Crippen LogP contribution in [-0.4, -0.2) is 54.7 Å². The predicted octanol–water partition coefficient (Wildman–Crippen LogP) is 5.25. The van der Waals surface area contributed by atoms with Gasteiger partial charge in [-0.2, -0.15) is 0 Å². The van der Waals surface area contributed by atoms with Gasteiger partial charge in [0.2, 0.25) is 5.91 Å². The average molecular weight is 502 g/mol. The summed E-state index contributed by atoms with van der Waals surface area (Å²) in [5.74, 6) is 0.612. The quantitative estimate of drug-likeness (QED) is 0.309. The first-order valence-electron chi connectivity index (χ1n) is 12.9. The molecule has 0 bridgehead atoms. The molecule has 0 unspecified atom stereocenters. The van der Waals surface area contributed by atoms with Gasteiger partial charge < -0.3 is 9.64 Å². The van der Waals surface area contributed by atoms with E-state index < -0.39 is 0 Å². The van der Waals surface area contributed by atoms with E-state index in [9.17, 15) is 9.59 Å². The Labute approximate surface area is 214 Å². The minimum Gasteiger partial charge on any atom is -0.494 e. The first kappa shape index (κ1) is 23.3. The smallest absolute Gasteiger partial charge is 0.257 e. The molecule has 36 heavy (non-hydrogen) atoms. The van der Waals surface area contributed by atoms with Crippen LogP contribution < -0.4 is 15.2 Å². The summed E-state index contributed by atoms with van der Waals surface area (Å²) in [7, 11) is 0. The number of piperazine rings is 1. The van der Waals surface area contributed by atoms with Crippen molar-refractivity contribution in [1.82, 2.24) is 9.47 Å². The predicted molar refractivity (Wildman–Crippen MR) is 147 cm³/mol. The molecule has 7 heteroatoms. The van der Waals surface area contributed by atoms with E-state index in [0.717, 1.165) is 63.8 Å². The lowest BCUT2D eigenvalue weighted by Crippen LogP contribution is -2.46. The maximum Gasteiger partial charge on any atom is 0.257 e. The van der Waals surface area contributed by atoms with E-state index in [1.165, 1.54) is 26.4 Å². The number of thiophene rings is 1. The number of benzene rings is 2. The summed E-state index contributed by atoms with van der Waals surface area (Å²) in [6.07, 6.45) is 3.79. The first-order chi connectivity index (χ1) is 17.7. The molecule has 1 saturated carbocycles. The second-order valence-electron chi connectivity index (χ2n) is 9.83. The van der Waals surface area contributed by atoms with Crippen LogP contribution in [0.1, 0.15) is 30.5 Å². The van der Waals surface area contributed by atoms with Gasteiger partial charge in [-0.05, 0) is 79.4 Å². The van der Waals surface area contributed by atoms with Crippen LogP contribution in [0.3, 0.4) is 0 Å². The number of carbonyl (C=O) groups is 1. The second-order valence-corrected chi connectivity index (χ2v) is 10.8. The van der Waals surface area contributed by atoms with Crippen molar-refractivity contribution in [3.8, 4) is 5.75 Å². The summed E-state index contributed by atoms with van der Waals surface area (Å²) in [6.45, 7) is 5.98. The molecule has 0 amide bonds. The van der Waals surface area contributed by atoms with E-state index in [4.69, 9.17) is 4.74 Å². The van der Waals surface area contributed by atoms with Crippen molar-refractivity contribution < 1.29 is 9.53 Å². The largest absolute Gasteiger partial charge is 0.494 e. The Balaban J connectivity index is 0.988. The molecule has 4 aromatic rings. The molecule has 1 aliphatic heterocycles. The number of nitrogens with zero attached hydrogens (tertiary/aromatic N) is 3. The lowest BCUT2D eigenvalue weighted by molar-refractivity contribution is 0.0887. The minimum absolute atomic E-state index is 0.0101. The standard InChI is InChI=1S/C29H31N3O3S/c33-28-11-9-21-8-10-23(20-26(21)32(28)29(34)22-6-7-22)35-18-2-1-13-30-14-16-31(17-15-30)25-4-3-5-27-24(25)12-19-36-27/h3-5,8-12,19-20,22H,1-2,6-7,13-18H2. The van der Waals surface area contributed by atoms with E-state index in [1.807, 2.05) is 29.5 Å². The highest BCUT2D eigenvalue weighted by molar-refractivity contribution is 7.17. The van der Waals surface area contributed by atoms with Crippen molar-refractivity contribution in [2.45, 2.75) is 25.7 Å². The van der Waals surface area contributed by atoms with Crippen molar-refractivity contribution in [3.63, 3.8) is 0 Å². The number of pyridine rings is 1. The number of unbranched alkanes of at least 4 members (excludes halogenated alkanes) is 1. The van der Waals surface area contributed by atoms with Gasteiger partial charge in [-0.1, -0.05) is 6.07 Å². The molecule has 2 aromatic carbocycles. The summed E-state index contributed by atoms with van der Waals surface area (Å²) < 4.78 is 8.70. The number of anilines is 1. The number of hydrogen-bond acceptors (Lipinski definition) is 6. The zero-order chi connectivity index (χ0) is 24.5. The fourth-order valence-corrected chi connectivity index (χ4v) is 5.94. The molecule has 2 aliphatic rings. The Bertz CT molecular complexity index is 1450. The van der Waals surface area contributed by atoms with Gasteiger partial charge in [0.25, 0.3) is 5.56 Å². The number of rotatable bonds is 8. The molecule has 186 valence electrons. The zero-order valence-corrected chi connectivity index (χ0v) is 21.2. The van der Waals surface area contributed by atoms with Crippen molar-refractivity contribution >= 4 is 43.9 Å². The maximum atomic E-state index is 12.7. The van der Waals surface area contributed by atoms with Crippen LogP contribution >= 0.6 is 11.3 Å². The molecule has 6 rings (SSSR count). The maximum absolute atomic E-state index is 12.7. The van der Waals surface area contributed by atoms with Gasteiger partial charge in [-0.25, -0.2) is 4.57 Å². The van der Waals surface area contributed by atoms with Crippen molar-refractivity contribution in [2.24, 2.45) is 5.92 Å². The minimum atomic E-state index is -0.261. The van der Waals surface area contributed by atoms with Crippen LogP contribution in [0.25, 0.3) is 21.0 Å². The Morgan fingerprint density at radius 1 is 0.972 bits per heavy atom. The van der Waals surface area contributed by atoms with E-state index >= 15 is 0 Å². The average Bonchev–Trinajstić information content (AvgIpc) is 3.65. The molecule has 0 N–H and O–H groups in total. The summed E-state index contributed by atoms with van der Waals surface area (Å²) >= 11 is 1.81. The van der Waals surface area contributed by atoms with Crippen LogP contribution in [0.15, 0.2) is 64.8 Å². The van der Waals surface area contributed by atoms with Gasteiger partial charge in [-0.15, -0.1) is 11.3 Å². The third-order valence-electron chi connectivity index (χ3n) is 7.34. The first-order valence-corrected chi connectivity index (χ1v) is 13.8. The lowest BCUT2D eigenvalue weighted by atomic mass is 10.2. The van der Waals surface area contributed by atoms with Crippen LogP contribution in [0.2, 0.25) is 0 Å². The fraction of sp³-hybridized carbons (Fsp3) is 0.379. The van der Waals surface area contributed by atoms with Gasteiger partial charge in [0.15, 0.2) is 0 Å². The highest BCUT2D eigenvalue weighted by Gasteiger charge is 2.32. The molecule has 0 atom stereocenters. The van der Waals surface area contributed by atoms with Crippen LogP contribution in [-0.2, 0) is 0 Å². The van der Waals surface area contributed by atoms with Gasteiger partial charge in [0.05, 0.1) is 12.1 Å². The molecular formula is C29H31N3O3S. The highest BCUT2D eigenvalue weighted by Crippen LogP contribution is 2.32. The number of hydrogen-bond donors (Lipinski definition) is 0. The van der Waals surface area contributed by atoms with Gasteiger partial charge in [-0.3, -0.25) is 14.5 Å². The van der Waals surface area contributed by atoms with Crippen LogP contribution in [0.4, 0.5) is 5.69 Å². The molecule has 2 aromatic heterocycles. The summed E-state index contributed by atoms with van der Waals surface area (Å²) in [5.41, 5.74) is 1.75. The SMILES string of the molecule is O=C(C1CC1)n1c(=O)ccc2ccc(OCCCCN3CCN(c4cccc5sccc45)CC3)cc21. The zero-order valence-electron chi connectivity index (χ0n) is 20.4. The normalized spacial score (nSPS) is 16.6. The molecular weight excluding hydrogens is 470 g/mol. The summed E-state index contributed by atoms with van der Waals surface area (Å²) in [5, 5.41) is 4.43. The molecule has 3 heterocycles. The second kappa shape index (κ2) is 10.1. The third kappa shape index (κ3) is 4.77. The summed E-state index contributed by atoms with van der Waals surface area (Å²) in [4.78, 5) is 30.1. The van der Waals surface area contributed by atoms with Crippen molar-refractivity contribution in [2.75, 3.05) is 44.2 Å². The highest BCUT2D eigenvalue weighted by atomic mass is 32.1. The van der Waals surface area contributed by atoms with Crippen LogP contribution in [0.5, 0.6) is 5.75 Å². The Kier molecular flexibility index (Phi) is 6.50. The van der Waals surface area contributed by atoms with Crippen LogP contribution in [0, 0.1) is 5.92 Å². The van der Waals surface area contributed by atoms with E-state index in [2.05, 4.69) is 39.4 Å². The van der Waals surface area contributed by atoms with E-state index in [1.54, 1.807) is 6.07 Å². The molecule has 0 radical (unpaired) electrons.